The fourth-order valence-corrected chi connectivity index (χ4v) is 3.07. The monoisotopic (exact) mass is 370 g/mol. The highest BCUT2D eigenvalue weighted by molar-refractivity contribution is 9.11. The predicted octanol–water partition coefficient (Wildman–Crippen LogP) is 3.37. The van der Waals surface area contributed by atoms with Crippen molar-refractivity contribution in [3.8, 4) is 0 Å². The zero-order valence-corrected chi connectivity index (χ0v) is 14.8. The second kappa shape index (κ2) is 7.61. The van der Waals surface area contributed by atoms with Gasteiger partial charge in [-0.1, -0.05) is 5.16 Å². The summed E-state index contributed by atoms with van der Waals surface area (Å²) in [5, 5.41) is 12.6. The van der Waals surface area contributed by atoms with Crippen molar-refractivity contribution in [1.82, 2.24) is 15.8 Å². The van der Waals surface area contributed by atoms with E-state index in [1.165, 1.54) is 5.56 Å². The van der Waals surface area contributed by atoms with E-state index in [2.05, 4.69) is 48.2 Å². The minimum atomic E-state index is 0.652. The van der Waals surface area contributed by atoms with Gasteiger partial charge in [-0.2, -0.15) is 0 Å². The Labute approximate surface area is 137 Å². The molecule has 0 saturated heterocycles. The summed E-state index contributed by atoms with van der Waals surface area (Å²) in [6.45, 7) is 8.04. The smallest absolute Gasteiger partial charge is 0.191 e. The maximum absolute atomic E-state index is 5.17. The van der Waals surface area contributed by atoms with E-state index in [1.807, 2.05) is 20.8 Å². The molecule has 2 aromatic heterocycles. The number of hydrogen-bond donors (Lipinski definition) is 2. The Morgan fingerprint density at radius 2 is 2.24 bits per heavy atom. The lowest BCUT2D eigenvalue weighted by atomic mass is 10.2. The average molecular weight is 371 g/mol. The maximum Gasteiger partial charge on any atom is 0.191 e. The maximum atomic E-state index is 5.17. The van der Waals surface area contributed by atoms with Crippen molar-refractivity contribution in [2.45, 2.75) is 33.9 Å². The number of thiophene rings is 1. The van der Waals surface area contributed by atoms with Crippen molar-refractivity contribution in [2.24, 2.45) is 4.99 Å². The van der Waals surface area contributed by atoms with Crippen molar-refractivity contribution >= 4 is 33.2 Å². The highest BCUT2D eigenvalue weighted by atomic mass is 79.9. The Morgan fingerprint density at radius 3 is 2.81 bits per heavy atom. The highest BCUT2D eigenvalue weighted by Gasteiger charge is 2.09. The molecule has 5 nitrogen and oxygen atoms in total. The van der Waals surface area contributed by atoms with Crippen LogP contribution in [-0.4, -0.2) is 17.7 Å². The number of aliphatic imine (C=N–C) groups is 1. The van der Waals surface area contributed by atoms with E-state index in [4.69, 9.17) is 4.52 Å². The lowest BCUT2D eigenvalue weighted by Gasteiger charge is -2.10. The Bertz CT molecular complexity index is 601. The molecule has 0 aliphatic carbocycles. The lowest BCUT2D eigenvalue weighted by Crippen LogP contribution is -2.37. The number of aromatic nitrogens is 1. The van der Waals surface area contributed by atoms with Crippen LogP contribution in [0.3, 0.4) is 0 Å². The Balaban J connectivity index is 1.98. The molecule has 0 amide bonds. The quantitative estimate of drug-likeness (QED) is 0.625. The molecule has 0 saturated carbocycles. The van der Waals surface area contributed by atoms with Gasteiger partial charge in [0.25, 0.3) is 0 Å². The van der Waals surface area contributed by atoms with Gasteiger partial charge in [0.2, 0.25) is 0 Å². The van der Waals surface area contributed by atoms with Crippen LogP contribution >= 0.6 is 27.3 Å². The van der Waals surface area contributed by atoms with Crippen molar-refractivity contribution < 1.29 is 4.52 Å². The first-order valence-corrected chi connectivity index (χ1v) is 8.44. The van der Waals surface area contributed by atoms with Crippen molar-refractivity contribution in [1.29, 1.82) is 0 Å². The van der Waals surface area contributed by atoms with E-state index in [0.29, 0.717) is 13.1 Å². The fourth-order valence-electron chi connectivity index (χ4n) is 1.87. The first kappa shape index (κ1) is 16.0. The summed E-state index contributed by atoms with van der Waals surface area (Å²) >= 11 is 5.13. The van der Waals surface area contributed by atoms with Gasteiger partial charge in [0.1, 0.15) is 5.76 Å². The van der Waals surface area contributed by atoms with E-state index in [-0.39, 0.29) is 0 Å². The largest absolute Gasteiger partial charge is 0.361 e. The minimum Gasteiger partial charge on any atom is -0.361 e. The number of nitrogens with zero attached hydrogens (tertiary/aromatic N) is 2. The first-order chi connectivity index (χ1) is 10.1. The molecular weight excluding hydrogens is 352 g/mol. The summed E-state index contributed by atoms with van der Waals surface area (Å²) in [6, 6.07) is 2.09. The van der Waals surface area contributed by atoms with Crippen LogP contribution in [0.25, 0.3) is 0 Å². The van der Waals surface area contributed by atoms with Crippen LogP contribution < -0.4 is 10.6 Å². The SMILES string of the molecule is CCNC(=NCc1csc(Br)c1)NCc1c(C)noc1C. The summed E-state index contributed by atoms with van der Waals surface area (Å²) in [7, 11) is 0. The van der Waals surface area contributed by atoms with Gasteiger partial charge >= 0.3 is 0 Å². The molecule has 0 atom stereocenters. The van der Waals surface area contributed by atoms with Gasteiger partial charge in [-0.25, -0.2) is 4.99 Å². The normalized spacial score (nSPS) is 11.7. The molecule has 7 heteroatoms. The number of rotatable bonds is 5. The molecule has 0 spiro atoms. The van der Waals surface area contributed by atoms with Gasteiger partial charge in [-0.3, -0.25) is 0 Å². The molecule has 0 radical (unpaired) electrons. The van der Waals surface area contributed by atoms with Gasteiger partial charge in [0.15, 0.2) is 5.96 Å². The van der Waals surface area contributed by atoms with Crippen molar-refractivity contribution in [2.75, 3.05) is 6.54 Å². The molecular formula is C14H19BrN4OS. The summed E-state index contributed by atoms with van der Waals surface area (Å²) in [4.78, 5) is 4.59. The number of aryl methyl sites for hydroxylation is 2. The van der Waals surface area contributed by atoms with Gasteiger partial charge in [0.05, 0.1) is 16.0 Å². The molecule has 0 aliphatic rings. The van der Waals surface area contributed by atoms with Crippen LogP contribution in [0.4, 0.5) is 0 Å². The summed E-state index contributed by atoms with van der Waals surface area (Å²) < 4.78 is 6.29. The van der Waals surface area contributed by atoms with E-state index in [0.717, 1.165) is 33.3 Å². The zero-order valence-electron chi connectivity index (χ0n) is 12.4. The molecule has 0 aliphatic heterocycles. The number of hydrogen-bond acceptors (Lipinski definition) is 4. The van der Waals surface area contributed by atoms with Crippen molar-refractivity contribution in [3.63, 3.8) is 0 Å². The van der Waals surface area contributed by atoms with E-state index in [9.17, 15) is 0 Å². The van der Waals surface area contributed by atoms with Gasteiger partial charge < -0.3 is 15.2 Å². The molecule has 2 heterocycles. The molecule has 2 rings (SSSR count). The molecule has 0 unspecified atom stereocenters. The summed E-state index contributed by atoms with van der Waals surface area (Å²) in [5.41, 5.74) is 3.19. The Hall–Kier alpha value is -1.34. The summed E-state index contributed by atoms with van der Waals surface area (Å²) in [6.07, 6.45) is 0. The number of guanidine groups is 1. The summed E-state index contributed by atoms with van der Waals surface area (Å²) in [5.74, 6) is 1.64. The molecule has 0 bridgehead atoms. The Morgan fingerprint density at radius 1 is 1.43 bits per heavy atom. The zero-order chi connectivity index (χ0) is 15.2. The third kappa shape index (κ3) is 4.57. The van der Waals surface area contributed by atoms with E-state index < -0.39 is 0 Å². The van der Waals surface area contributed by atoms with Gasteiger partial charge in [-0.05, 0) is 53.7 Å². The van der Waals surface area contributed by atoms with Crippen LogP contribution in [0.5, 0.6) is 0 Å². The highest BCUT2D eigenvalue weighted by Crippen LogP contribution is 2.21. The van der Waals surface area contributed by atoms with Crippen molar-refractivity contribution in [3.05, 3.63) is 37.8 Å². The molecule has 114 valence electrons. The first-order valence-electron chi connectivity index (χ1n) is 6.77. The average Bonchev–Trinajstić information content (AvgIpc) is 3.00. The molecule has 0 aromatic carbocycles. The Kier molecular flexibility index (Phi) is 5.81. The number of nitrogens with one attached hydrogen (secondary N) is 2. The predicted molar refractivity (Wildman–Crippen MR) is 89.7 cm³/mol. The topological polar surface area (TPSA) is 62.5 Å². The molecule has 0 fully saturated rings. The second-order valence-electron chi connectivity index (χ2n) is 4.61. The third-order valence-corrected chi connectivity index (χ3v) is 4.55. The fraction of sp³-hybridized carbons (Fsp3) is 0.429. The van der Waals surface area contributed by atoms with E-state index >= 15 is 0 Å². The molecule has 2 aromatic rings. The molecule has 2 N–H and O–H groups in total. The second-order valence-corrected chi connectivity index (χ2v) is 6.90. The van der Waals surface area contributed by atoms with Crippen LogP contribution in [-0.2, 0) is 13.1 Å². The lowest BCUT2D eigenvalue weighted by molar-refractivity contribution is 0.392. The third-order valence-electron chi connectivity index (χ3n) is 3.00. The standard InChI is InChI=1S/C14H19BrN4OS/c1-4-16-14(17-6-11-5-13(15)21-8-11)18-7-12-9(2)19-20-10(12)3/h5,8H,4,6-7H2,1-3H3,(H2,16,17,18). The molecule has 21 heavy (non-hydrogen) atoms. The number of halogens is 1. The van der Waals surface area contributed by atoms with Crippen LogP contribution in [0, 0.1) is 13.8 Å². The van der Waals surface area contributed by atoms with Gasteiger partial charge in [0, 0.05) is 18.7 Å². The van der Waals surface area contributed by atoms with Crippen LogP contribution in [0.1, 0.15) is 29.5 Å². The van der Waals surface area contributed by atoms with Gasteiger partial charge in [-0.15, -0.1) is 11.3 Å². The van der Waals surface area contributed by atoms with E-state index in [1.54, 1.807) is 11.3 Å². The van der Waals surface area contributed by atoms with Crippen LogP contribution in [0.2, 0.25) is 0 Å². The minimum absolute atomic E-state index is 0.652. The van der Waals surface area contributed by atoms with Crippen LogP contribution in [0.15, 0.2) is 24.7 Å².